The Kier molecular flexibility index (Phi) is 2.49. The highest BCUT2D eigenvalue weighted by atomic mass is 16.5. The van der Waals surface area contributed by atoms with Crippen LogP contribution in [0, 0.1) is 0 Å². The molecule has 4 heteroatoms. The second-order valence-electron chi connectivity index (χ2n) is 3.38. The summed E-state index contributed by atoms with van der Waals surface area (Å²) < 4.78 is 9.85. The van der Waals surface area contributed by atoms with Crippen molar-refractivity contribution in [2.75, 3.05) is 26.1 Å². The third-order valence-corrected chi connectivity index (χ3v) is 2.54. The van der Waals surface area contributed by atoms with E-state index >= 15 is 0 Å². The van der Waals surface area contributed by atoms with Gasteiger partial charge in [-0.25, -0.2) is 4.79 Å². The largest absolute Gasteiger partial charge is 0.496 e. The Morgan fingerprint density at radius 2 is 2.20 bits per heavy atom. The number of benzene rings is 1. The predicted molar refractivity (Wildman–Crippen MR) is 56.5 cm³/mol. The minimum absolute atomic E-state index is 0.360. The zero-order chi connectivity index (χ0) is 10.8. The van der Waals surface area contributed by atoms with E-state index in [-0.39, 0.29) is 5.97 Å². The Bertz CT molecular complexity index is 401. The third-order valence-electron chi connectivity index (χ3n) is 2.54. The van der Waals surface area contributed by atoms with Crippen LogP contribution < -0.4 is 10.1 Å². The third kappa shape index (κ3) is 1.63. The molecule has 4 nitrogen and oxygen atoms in total. The van der Waals surface area contributed by atoms with Gasteiger partial charge in [0.2, 0.25) is 0 Å². The SMILES string of the molecule is COC(=O)c1cc2c(cc1OC)NCC2. The summed E-state index contributed by atoms with van der Waals surface area (Å²) in [4.78, 5) is 11.5. The maximum atomic E-state index is 11.5. The molecule has 0 atom stereocenters. The fourth-order valence-electron chi connectivity index (χ4n) is 1.77. The number of methoxy groups -OCH3 is 2. The molecule has 0 bridgehead atoms. The van der Waals surface area contributed by atoms with Crippen LogP contribution in [0.3, 0.4) is 0 Å². The normalized spacial score (nSPS) is 12.9. The van der Waals surface area contributed by atoms with Gasteiger partial charge in [-0.3, -0.25) is 0 Å². The van der Waals surface area contributed by atoms with Crippen molar-refractivity contribution in [2.24, 2.45) is 0 Å². The van der Waals surface area contributed by atoms with Gasteiger partial charge in [0.25, 0.3) is 0 Å². The summed E-state index contributed by atoms with van der Waals surface area (Å²) in [6.45, 7) is 0.906. The fraction of sp³-hybridized carbons (Fsp3) is 0.364. The highest BCUT2D eigenvalue weighted by molar-refractivity contribution is 5.93. The number of ether oxygens (including phenoxy) is 2. The predicted octanol–water partition coefficient (Wildman–Crippen LogP) is 1.45. The molecular weight excluding hydrogens is 194 g/mol. The van der Waals surface area contributed by atoms with Crippen molar-refractivity contribution in [1.82, 2.24) is 0 Å². The molecule has 0 aromatic heterocycles. The molecule has 0 radical (unpaired) electrons. The maximum Gasteiger partial charge on any atom is 0.341 e. The first-order valence-corrected chi connectivity index (χ1v) is 4.79. The number of anilines is 1. The van der Waals surface area contributed by atoms with Crippen LogP contribution in [0.15, 0.2) is 12.1 Å². The molecule has 15 heavy (non-hydrogen) atoms. The molecule has 1 aliphatic rings. The molecule has 80 valence electrons. The number of nitrogens with one attached hydrogen (secondary N) is 1. The molecule has 1 aromatic carbocycles. The Labute approximate surface area is 88.2 Å². The molecule has 1 aliphatic heterocycles. The number of carbonyl (C=O) groups is 1. The summed E-state index contributed by atoms with van der Waals surface area (Å²) in [6.07, 6.45) is 0.934. The molecule has 0 saturated heterocycles. The van der Waals surface area contributed by atoms with Gasteiger partial charge in [-0.2, -0.15) is 0 Å². The monoisotopic (exact) mass is 207 g/mol. The number of fused-ring (bicyclic) bond motifs is 1. The summed E-state index contributed by atoms with van der Waals surface area (Å²) in [6, 6.07) is 3.68. The van der Waals surface area contributed by atoms with Crippen molar-refractivity contribution >= 4 is 11.7 Å². The number of rotatable bonds is 2. The van der Waals surface area contributed by atoms with Crippen molar-refractivity contribution < 1.29 is 14.3 Å². The summed E-state index contributed by atoms with van der Waals surface area (Å²) >= 11 is 0. The lowest BCUT2D eigenvalue weighted by molar-refractivity contribution is 0.0597. The second kappa shape index (κ2) is 3.81. The number of esters is 1. The molecule has 1 N–H and O–H groups in total. The lowest BCUT2D eigenvalue weighted by Gasteiger charge is -2.09. The maximum absolute atomic E-state index is 11.5. The number of hydrogen-bond acceptors (Lipinski definition) is 4. The number of hydrogen-bond donors (Lipinski definition) is 1. The first-order chi connectivity index (χ1) is 7.26. The molecule has 0 saturated carbocycles. The van der Waals surface area contributed by atoms with Crippen molar-refractivity contribution in [3.8, 4) is 5.75 Å². The van der Waals surface area contributed by atoms with E-state index in [1.807, 2.05) is 12.1 Å². The zero-order valence-corrected chi connectivity index (χ0v) is 8.79. The summed E-state index contributed by atoms with van der Waals surface area (Å²) in [5.41, 5.74) is 2.66. The molecule has 1 heterocycles. The van der Waals surface area contributed by atoms with E-state index in [9.17, 15) is 4.79 Å². The smallest absolute Gasteiger partial charge is 0.341 e. The summed E-state index contributed by atoms with van der Waals surface area (Å²) in [5, 5.41) is 3.23. The van der Waals surface area contributed by atoms with Gasteiger partial charge in [-0.1, -0.05) is 0 Å². The standard InChI is InChI=1S/C11H13NO3/c1-14-10-6-9-7(3-4-12-9)5-8(10)11(13)15-2/h5-6,12H,3-4H2,1-2H3. The van der Waals surface area contributed by atoms with E-state index in [1.165, 1.54) is 7.11 Å². The summed E-state index contributed by atoms with van der Waals surface area (Å²) in [7, 11) is 2.91. The van der Waals surface area contributed by atoms with Crippen LogP contribution in [-0.2, 0) is 11.2 Å². The minimum atomic E-state index is -0.360. The van der Waals surface area contributed by atoms with E-state index in [1.54, 1.807) is 7.11 Å². The van der Waals surface area contributed by atoms with Gasteiger partial charge in [0.05, 0.1) is 14.2 Å². The van der Waals surface area contributed by atoms with E-state index < -0.39 is 0 Å². The summed E-state index contributed by atoms with van der Waals surface area (Å²) in [5.74, 6) is 0.191. The molecular formula is C11H13NO3. The second-order valence-corrected chi connectivity index (χ2v) is 3.38. The van der Waals surface area contributed by atoms with E-state index in [2.05, 4.69) is 5.32 Å². The molecule has 0 aliphatic carbocycles. The topological polar surface area (TPSA) is 47.6 Å². The van der Waals surface area contributed by atoms with Crippen molar-refractivity contribution in [2.45, 2.75) is 6.42 Å². The molecule has 2 rings (SSSR count). The van der Waals surface area contributed by atoms with Crippen molar-refractivity contribution in [3.05, 3.63) is 23.3 Å². The Morgan fingerprint density at radius 1 is 1.40 bits per heavy atom. The first-order valence-electron chi connectivity index (χ1n) is 4.79. The quantitative estimate of drug-likeness (QED) is 0.746. The fourth-order valence-corrected chi connectivity index (χ4v) is 1.77. The zero-order valence-electron chi connectivity index (χ0n) is 8.79. The first kappa shape index (κ1) is 9.83. The van der Waals surface area contributed by atoms with Gasteiger partial charge in [0.1, 0.15) is 11.3 Å². The van der Waals surface area contributed by atoms with Gasteiger partial charge in [-0.15, -0.1) is 0 Å². The Balaban J connectivity index is 2.48. The Hall–Kier alpha value is -1.71. The van der Waals surface area contributed by atoms with Crippen LogP contribution in [0.4, 0.5) is 5.69 Å². The van der Waals surface area contributed by atoms with E-state index in [0.29, 0.717) is 11.3 Å². The van der Waals surface area contributed by atoms with Gasteiger partial charge >= 0.3 is 5.97 Å². The van der Waals surface area contributed by atoms with Gasteiger partial charge < -0.3 is 14.8 Å². The van der Waals surface area contributed by atoms with Crippen LogP contribution in [0.25, 0.3) is 0 Å². The molecule has 0 unspecified atom stereocenters. The number of carbonyl (C=O) groups excluding carboxylic acids is 1. The average molecular weight is 207 g/mol. The van der Waals surface area contributed by atoms with E-state index in [4.69, 9.17) is 9.47 Å². The molecule has 1 aromatic rings. The van der Waals surface area contributed by atoms with Crippen molar-refractivity contribution in [1.29, 1.82) is 0 Å². The highest BCUT2D eigenvalue weighted by Crippen LogP contribution is 2.31. The van der Waals surface area contributed by atoms with Crippen LogP contribution in [0.2, 0.25) is 0 Å². The van der Waals surface area contributed by atoms with E-state index in [0.717, 1.165) is 24.2 Å². The van der Waals surface area contributed by atoms with Gasteiger partial charge in [0, 0.05) is 18.3 Å². The lowest BCUT2D eigenvalue weighted by Crippen LogP contribution is -2.04. The van der Waals surface area contributed by atoms with Gasteiger partial charge in [0.15, 0.2) is 0 Å². The van der Waals surface area contributed by atoms with Gasteiger partial charge in [-0.05, 0) is 18.1 Å². The van der Waals surface area contributed by atoms with Crippen LogP contribution in [-0.4, -0.2) is 26.7 Å². The molecule has 0 fully saturated rings. The van der Waals surface area contributed by atoms with Crippen LogP contribution >= 0.6 is 0 Å². The molecule has 0 amide bonds. The lowest BCUT2D eigenvalue weighted by atomic mass is 10.1. The van der Waals surface area contributed by atoms with Crippen molar-refractivity contribution in [3.63, 3.8) is 0 Å². The Morgan fingerprint density at radius 3 is 2.87 bits per heavy atom. The average Bonchev–Trinajstić information content (AvgIpc) is 2.73. The van der Waals surface area contributed by atoms with Crippen LogP contribution in [0.1, 0.15) is 15.9 Å². The van der Waals surface area contributed by atoms with Crippen LogP contribution in [0.5, 0.6) is 5.75 Å². The molecule has 0 spiro atoms. The highest BCUT2D eigenvalue weighted by Gasteiger charge is 2.19. The minimum Gasteiger partial charge on any atom is -0.496 e.